The summed E-state index contributed by atoms with van der Waals surface area (Å²) in [4.78, 5) is 0. The van der Waals surface area contributed by atoms with E-state index in [0.717, 1.165) is 19.4 Å². The molecule has 2 nitrogen and oxygen atoms in total. The standard InChI is InChI=1S/C11H18O2/c1-9(2)6-7-10(12)11-5-3-4-8-13-11/h5-7,9-10,12H,3-4,8H2,1-2H3/b7-6+. The SMILES string of the molecule is CC(C)/C=C/C(O)C1=CCCCO1. The monoisotopic (exact) mass is 182 g/mol. The second-order valence-corrected chi connectivity index (χ2v) is 3.67. The quantitative estimate of drug-likeness (QED) is 0.678. The van der Waals surface area contributed by atoms with E-state index in [9.17, 15) is 5.11 Å². The van der Waals surface area contributed by atoms with Crippen LogP contribution in [-0.4, -0.2) is 17.8 Å². The first-order valence-corrected chi connectivity index (χ1v) is 4.89. The molecule has 0 saturated heterocycles. The first kappa shape index (κ1) is 10.3. The Bertz CT molecular complexity index is 204. The van der Waals surface area contributed by atoms with Crippen molar-refractivity contribution in [3.63, 3.8) is 0 Å². The van der Waals surface area contributed by atoms with E-state index in [0.29, 0.717) is 11.7 Å². The second-order valence-electron chi connectivity index (χ2n) is 3.67. The zero-order valence-corrected chi connectivity index (χ0v) is 8.36. The minimum absolute atomic E-state index is 0.471. The molecule has 0 aromatic carbocycles. The van der Waals surface area contributed by atoms with Crippen molar-refractivity contribution in [3.8, 4) is 0 Å². The van der Waals surface area contributed by atoms with Crippen LogP contribution in [0.1, 0.15) is 26.7 Å². The minimum atomic E-state index is -0.553. The molecular weight excluding hydrogens is 164 g/mol. The Morgan fingerprint density at radius 1 is 1.46 bits per heavy atom. The van der Waals surface area contributed by atoms with Gasteiger partial charge in [0, 0.05) is 0 Å². The van der Waals surface area contributed by atoms with Crippen LogP contribution in [0.4, 0.5) is 0 Å². The maximum atomic E-state index is 9.64. The van der Waals surface area contributed by atoms with E-state index < -0.39 is 6.10 Å². The molecule has 1 aliphatic heterocycles. The van der Waals surface area contributed by atoms with Gasteiger partial charge in [-0.1, -0.05) is 26.0 Å². The molecular formula is C11H18O2. The van der Waals surface area contributed by atoms with Gasteiger partial charge in [-0.25, -0.2) is 0 Å². The Morgan fingerprint density at radius 2 is 2.23 bits per heavy atom. The van der Waals surface area contributed by atoms with Crippen LogP contribution in [-0.2, 0) is 4.74 Å². The van der Waals surface area contributed by atoms with Crippen molar-refractivity contribution >= 4 is 0 Å². The van der Waals surface area contributed by atoms with E-state index in [1.807, 2.05) is 12.2 Å². The summed E-state index contributed by atoms with van der Waals surface area (Å²) in [6, 6.07) is 0. The topological polar surface area (TPSA) is 29.5 Å². The lowest BCUT2D eigenvalue weighted by atomic mass is 10.1. The van der Waals surface area contributed by atoms with Gasteiger partial charge in [0.25, 0.3) is 0 Å². The van der Waals surface area contributed by atoms with E-state index in [1.54, 1.807) is 6.08 Å². The van der Waals surface area contributed by atoms with Crippen molar-refractivity contribution in [1.29, 1.82) is 0 Å². The van der Waals surface area contributed by atoms with Crippen molar-refractivity contribution in [3.05, 3.63) is 24.0 Å². The third-order valence-corrected chi connectivity index (χ3v) is 1.93. The third kappa shape index (κ3) is 3.64. The van der Waals surface area contributed by atoms with Crippen LogP contribution in [0.2, 0.25) is 0 Å². The second kappa shape index (κ2) is 5.07. The van der Waals surface area contributed by atoms with Gasteiger partial charge in [0.1, 0.15) is 11.9 Å². The molecule has 2 heteroatoms. The Balaban J connectivity index is 2.46. The predicted molar refractivity (Wildman–Crippen MR) is 53.3 cm³/mol. The molecule has 1 N–H and O–H groups in total. The molecule has 74 valence electrons. The maximum Gasteiger partial charge on any atom is 0.129 e. The molecule has 0 aromatic rings. The van der Waals surface area contributed by atoms with Gasteiger partial charge in [-0.05, 0) is 24.8 Å². The molecule has 0 aliphatic carbocycles. The van der Waals surface area contributed by atoms with Crippen LogP contribution < -0.4 is 0 Å². The van der Waals surface area contributed by atoms with Crippen molar-refractivity contribution < 1.29 is 9.84 Å². The first-order valence-electron chi connectivity index (χ1n) is 4.89. The van der Waals surface area contributed by atoms with Crippen LogP contribution in [0.15, 0.2) is 24.0 Å². The Labute approximate surface area is 79.9 Å². The average molecular weight is 182 g/mol. The number of aliphatic hydroxyl groups is 1. The first-order chi connectivity index (χ1) is 6.20. The Hall–Kier alpha value is -0.760. The van der Waals surface area contributed by atoms with E-state index >= 15 is 0 Å². The predicted octanol–water partition coefficient (Wildman–Crippen LogP) is 2.25. The number of allylic oxidation sites excluding steroid dienone is 2. The highest BCUT2D eigenvalue weighted by molar-refractivity contribution is 5.10. The van der Waals surface area contributed by atoms with E-state index in [-0.39, 0.29) is 0 Å². The fraction of sp³-hybridized carbons (Fsp3) is 0.636. The maximum absolute atomic E-state index is 9.64. The molecule has 0 saturated carbocycles. The fourth-order valence-corrected chi connectivity index (χ4v) is 1.21. The van der Waals surface area contributed by atoms with Gasteiger partial charge in [0.05, 0.1) is 6.61 Å². The van der Waals surface area contributed by atoms with Gasteiger partial charge in [0.2, 0.25) is 0 Å². The molecule has 1 unspecified atom stereocenters. The average Bonchev–Trinajstić information content (AvgIpc) is 2.15. The number of ether oxygens (including phenoxy) is 1. The lowest BCUT2D eigenvalue weighted by molar-refractivity contribution is 0.115. The molecule has 0 fully saturated rings. The molecule has 0 radical (unpaired) electrons. The van der Waals surface area contributed by atoms with Crippen LogP contribution in [0.5, 0.6) is 0 Å². The van der Waals surface area contributed by atoms with Crippen molar-refractivity contribution in [1.82, 2.24) is 0 Å². The Kier molecular flexibility index (Phi) is 4.03. The minimum Gasteiger partial charge on any atom is -0.495 e. The highest BCUT2D eigenvalue weighted by atomic mass is 16.5. The highest BCUT2D eigenvalue weighted by Crippen LogP contribution is 2.14. The number of hydrogen-bond acceptors (Lipinski definition) is 2. The molecule has 1 rings (SSSR count). The van der Waals surface area contributed by atoms with Crippen molar-refractivity contribution in [2.45, 2.75) is 32.8 Å². The number of hydrogen-bond donors (Lipinski definition) is 1. The molecule has 0 spiro atoms. The number of aliphatic hydroxyl groups excluding tert-OH is 1. The fourth-order valence-electron chi connectivity index (χ4n) is 1.21. The smallest absolute Gasteiger partial charge is 0.129 e. The van der Waals surface area contributed by atoms with Crippen LogP contribution in [0, 0.1) is 5.92 Å². The van der Waals surface area contributed by atoms with Gasteiger partial charge in [-0.2, -0.15) is 0 Å². The highest BCUT2D eigenvalue weighted by Gasteiger charge is 2.11. The summed E-state index contributed by atoms with van der Waals surface area (Å²) in [5.74, 6) is 1.18. The summed E-state index contributed by atoms with van der Waals surface area (Å²) in [5, 5.41) is 9.64. The largest absolute Gasteiger partial charge is 0.495 e. The molecule has 1 heterocycles. The lowest BCUT2D eigenvalue weighted by Crippen LogP contribution is -2.14. The Morgan fingerprint density at radius 3 is 2.77 bits per heavy atom. The van der Waals surface area contributed by atoms with Crippen molar-refractivity contribution in [2.24, 2.45) is 5.92 Å². The molecule has 0 bridgehead atoms. The zero-order chi connectivity index (χ0) is 9.68. The lowest BCUT2D eigenvalue weighted by Gasteiger charge is -2.17. The molecule has 13 heavy (non-hydrogen) atoms. The molecule has 0 amide bonds. The van der Waals surface area contributed by atoms with Crippen molar-refractivity contribution in [2.75, 3.05) is 6.61 Å². The summed E-state index contributed by atoms with van der Waals surface area (Å²) < 4.78 is 5.33. The summed E-state index contributed by atoms with van der Waals surface area (Å²) in [6.45, 7) is 4.90. The normalized spacial score (nSPS) is 20.2. The summed E-state index contributed by atoms with van der Waals surface area (Å²) in [7, 11) is 0. The van der Waals surface area contributed by atoms with E-state index in [4.69, 9.17) is 4.74 Å². The van der Waals surface area contributed by atoms with Gasteiger partial charge < -0.3 is 9.84 Å². The third-order valence-electron chi connectivity index (χ3n) is 1.93. The van der Waals surface area contributed by atoms with Crippen LogP contribution >= 0.6 is 0 Å². The summed E-state index contributed by atoms with van der Waals surface area (Å²) in [5.41, 5.74) is 0. The van der Waals surface area contributed by atoms with Gasteiger partial charge in [-0.3, -0.25) is 0 Å². The molecule has 0 aromatic heterocycles. The van der Waals surface area contributed by atoms with Crippen LogP contribution in [0.3, 0.4) is 0 Å². The molecule has 1 aliphatic rings. The van der Waals surface area contributed by atoms with Gasteiger partial charge in [0.15, 0.2) is 0 Å². The van der Waals surface area contributed by atoms with Gasteiger partial charge >= 0.3 is 0 Å². The van der Waals surface area contributed by atoms with E-state index in [2.05, 4.69) is 13.8 Å². The van der Waals surface area contributed by atoms with E-state index in [1.165, 1.54) is 0 Å². The molecule has 1 atom stereocenters. The van der Waals surface area contributed by atoms with Crippen LogP contribution in [0.25, 0.3) is 0 Å². The summed E-state index contributed by atoms with van der Waals surface area (Å²) in [6.07, 6.45) is 7.28. The number of rotatable bonds is 3. The zero-order valence-electron chi connectivity index (χ0n) is 8.36. The summed E-state index contributed by atoms with van der Waals surface area (Å²) >= 11 is 0. The van der Waals surface area contributed by atoms with Gasteiger partial charge in [-0.15, -0.1) is 0 Å².